The standard InChI is InChI=1S/C28H22N4O/c1-27(2)16-28(3,4)25-24(27)18(14-30)17(13-29)19(15-31)26(25)32-20-9-5-7-11-22(20)33-23-12-8-6-10-21(23)32/h5-12H,16H2,1-4H3. The van der Waals surface area contributed by atoms with Gasteiger partial charge in [-0.15, -0.1) is 0 Å². The number of rotatable bonds is 1. The summed E-state index contributed by atoms with van der Waals surface area (Å²) in [6, 6.07) is 22.1. The fourth-order valence-corrected chi connectivity index (χ4v) is 5.86. The number of anilines is 3. The van der Waals surface area contributed by atoms with Crippen LogP contribution in [-0.4, -0.2) is 0 Å². The summed E-state index contributed by atoms with van der Waals surface area (Å²) in [5.41, 5.74) is 4.11. The van der Waals surface area contributed by atoms with Crippen molar-refractivity contribution >= 4 is 17.1 Å². The number of para-hydroxylation sites is 4. The predicted octanol–water partition coefficient (Wildman–Crippen LogP) is 6.84. The molecular weight excluding hydrogens is 408 g/mol. The largest absolute Gasteiger partial charge is 0.453 e. The Morgan fingerprint density at radius 1 is 0.697 bits per heavy atom. The first-order valence-corrected chi connectivity index (χ1v) is 10.9. The van der Waals surface area contributed by atoms with E-state index in [1.165, 1.54) is 0 Å². The molecule has 0 spiro atoms. The molecular formula is C28H22N4O. The SMILES string of the molecule is CC1(C)CC(C)(C)c2c(N3c4ccccc4Oc4ccccc43)c(C#N)c(C#N)c(C#N)c21. The summed E-state index contributed by atoms with van der Waals surface area (Å²) < 4.78 is 6.17. The summed E-state index contributed by atoms with van der Waals surface area (Å²) in [5, 5.41) is 30.6. The zero-order valence-electron chi connectivity index (χ0n) is 19.0. The summed E-state index contributed by atoms with van der Waals surface area (Å²) >= 11 is 0. The molecule has 0 saturated heterocycles. The average Bonchev–Trinajstić information content (AvgIpc) is 2.99. The Balaban J connectivity index is 2.01. The van der Waals surface area contributed by atoms with Gasteiger partial charge in [0.1, 0.15) is 18.2 Å². The van der Waals surface area contributed by atoms with Crippen LogP contribution in [0.15, 0.2) is 48.5 Å². The number of fused-ring (bicyclic) bond motifs is 3. The van der Waals surface area contributed by atoms with Crippen LogP contribution in [0.5, 0.6) is 11.5 Å². The van der Waals surface area contributed by atoms with Crippen LogP contribution >= 0.6 is 0 Å². The van der Waals surface area contributed by atoms with Gasteiger partial charge < -0.3 is 9.64 Å². The van der Waals surface area contributed by atoms with Crippen LogP contribution in [0, 0.1) is 34.0 Å². The summed E-state index contributed by atoms with van der Waals surface area (Å²) in [6.07, 6.45) is 0.796. The molecule has 1 aliphatic heterocycles. The minimum atomic E-state index is -0.330. The molecule has 5 rings (SSSR count). The third kappa shape index (κ3) is 2.75. The van der Waals surface area contributed by atoms with E-state index in [0.717, 1.165) is 28.9 Å². The van der Waals surface area contributed by atoms with Gasteiger partial charge in [-0.1, -0.05) is 52.0 Å². The van der Waals surface area contributed by atoms with E-state index in [1.54, 1.807) is 0 Å². The van der Waals surface area contributed by atoms with E-state index in [-0.39, 0.29) is 22.0 Å². The van der Waals surface area contributed by atoms with Crippen LogP contribution in [-0.2, 0) is 10.8 Å². The quantitative estimate of drug-likeness (QED) is 0.330. The van der Waals surface area contributed by atoms with E-state index >= 15 is 0 Å². The molecule has 2 aliphatic rings. The number of hydrogen-bond acceptors (Lipinski definition) is 5. The maximum Gasteiger partial charge on any atom is 0.151 e. The third-order valence-electron chi connectivity index (χ3n) is 6.70. The summed E-state index contributed by atoms with van der Waals surface area (Å²) in [4.78, 5) is 2.04. The molecule has 0 radical (unpaired) electrons. The lowest BCUT2D eigenvalue weighted by Gasteiger charge is -2.37. The molecule has 1 heterocycles. The first-order valence-electron chi connectivity index (χ1n) is 10.9. The number of nitriles is 3. The molecule has 1 aliphatic carbocycles. The highest BCUT2D eigenvalue weighted by Crippen LogP contribution is 2.60. The molecule has 0 amide bonds. The maximum atomic E-state index is 10.3. The van der Waals surface area contributed by atoms with Crippen molar-refractivity contribution in [3.05, 3.63) is 76.3 Å². The van der Waals surface area contributed by atoms with Crippen LogP contribution in [0.1, 0.15) is 61.9 Å². The van der Waals surface area contributed by atoms with Gasteiger partial charge in [-0.2, -0.15) is 15.8 Å². The van der Waals surface area contributed by atoms with Crippen molar-refractivity contribution < 1.29 is 4.74 Å². The van der Waals surface area contributed by atoms with Crippen LogP contribution < -0.4 is 9.64 Å². The third-order valence-corrected chi connectivity index (χ3v) is 6.70. The molecule has 0 saturated carbocycles. The van der Waals surface area contributed by atoms with Gasteiger partial charge in [0.25, 0.3) is 0 Å². The minimum Gasteiger partial charge on any atom is -0.453 e. The maximum absolute atomic E-state index is 10.3. The number of benzene rings is 3. The minimum absolute atomic E-state index is 0.140. The molecule has 5 heteroatoms. The van der Waals surface area contributed by atoms with E-state index in [4.69, 9.17) is 4.74 Å². The van der Waals surface area contributed by atoms with Gasteiger partial charge in [0.2, 0.25) is 0 Å². The molecule has 0 fully saturated rings. The highest BCUT2D eigenvalue weighted by atomic mass is 16.5. The fraction of sp³-hybridized carbons (Fsp3) is 0.250. The summed E-state index contributed by atoms with van der Waals surface area (Å²) in [5.74, 6) is 1.35. The Morgan fingerprint density at radius 2 is 1.18 bits per heavy atom. The van der Waals surface area contributed by atoms with E-state index in [0.29, 0.717) is 22.7 Å². The first kappa shape index (κ1) is 20.6. The number of nitrogens with zero attached hydrogens (tertiary/aromatic N) is 4. The van der Waals surface area contributed by atoms with Crippen LogP contribution in [0.2, 0.25) is 0 Å². The molecule has 0 unspecified atom stereocenters. The smallest absolute Gasteiger partial charge is 0.151 e. The Hall–Kier alpha value is -4.27. The summed E-state index contributed by atoms with van der Waals surface area (Å²) in [7, 11) is 0. The van der Waals surface area contributed by atoms with Crippen molar-refractivity contribution in [3.8, 4) is 29.7 Å². The second kappa shape index (κ2) is 6.86. The van der Waals surface area contributed by atoms with Crippen LogP contribution in [0.25, 0.3) is 0 Å². The van der Waals surface area contributed by atoms with Gasteiger partial charge in [-0.25, -0.2) is 0 Å². The lowest BCUT2D eigenvalue weighted by atomic mass is 9.80. The van der Waals surface area contributed by atoms with Crippen LogP contribution in [0.3, 0.4) is 0 Å². The number of hydrogen-bond donors (Lipinski definition) is 0. The average molecular weight is 431 g/mol. The Bertz CT molecular complexity index is 1420. The van der Waals surface area contributed by atoms with Crippen molar-refractivity contribution in [1.29, 1.82) is 15.8 Å². The van der Waals surface area contributed by atoms with Gasteiger partial charge in [0.15, 0.2) is 11.5 Å². The lowest BCUT2D eigenvalue weighted by Crippen LogP contribution is -2.23. The molecule has 0 N–H and O–H groups in total. The van der Waals surface area contributed by atoms with Crippen molar-refractivity contribution in [1.82, 2.24) is 0 Å². The van der Waals surface area contributed by atoms with Gasteiger partial charge in [0.05, 0.1) is 33.8 Å². The van der Waals surface area contributed by atoms with Crippen molar-refractivity contribution in [2.75, 3.05) is 4.90 Å². The fourth-order valence-electron chi connectivity index (χ4n) is 5.86. The van der Waals surface area contributed by atoms with Gasteiger partial charge >= 0.3 is 0 Å². The second-order valence-corrected chi connectivity index (χ2v) is 9.88. The normalized spacial score (nSPS) is 16.3. The number of ether oxygens (including phenoxy) is 1. The zero-order chi connectivity index (χ0) is 23.5. The zero-order valence-corrected chi connectivity index (χ0v) is 19.0. The first-order chi connectivity index (χ1) is 15.7. The highest BCUT2D eigenvalue weighted by Gasteiger charge is 2.49. The topological polar surface area (TPSA) is 83.8 Å². The summed E-state index contributed by atoms with van der Waals surface area (Å²) in [6.45, 7) is 8.52. The predicted molar refractivity (Wildman–Crippen MR) is 126 cm³/mol. The Kier molecular flexibility index (Phi) is 4.29. The van der Waals surface area contributed by atoms with Crippen molar-refractivity contribution in [2.45, 2.75) is 44.9 Å². The van der Waals surface area contributed by atoms with Crippen LogP contribution in [0.4, 0.5) is 17.1 Å². The second-order valence-electron chi connectivity index (χ2n) is 9.88. The lowest BCUT2D eigenvalue weighted by molar-refractivity contribution is 0.403. The van der Waals surface area contributed by atoms with E-state index in [2.05, 4.69) is 45.9 Å². The molecule has 3 aromatic carbocycles. The van der Waals surface area contributed by atoms with E-state index in [1.807, 2.05) is 53.4 Å². The molecule has 160 valence electrons. The molecule has 0 bridgehead atoms. The molecule has 3 aromatic rings. The van der Waals surface area contributed by atoms with Crippen molar-refractivity contribution in [2.24, 2.45) is 0 Å². The van der Waals surface area contributed by atoms with Gasteiger partial charge in [-0.05, 0) is 52.6 Å². The Morgan fingerprint density at radius 3 is 1.70 bits per heavy atom. The molecule has 5 nitrogen and oxygen atoms in total. The van der Waals surface area contributed by atoms with E-state index < -0.39 is 0 Å². The van der Waals surface area contributed by atoms with Gasteiger partial charge in [0, 0.05) is 0 Å². The molecule has 0 atom stereocenters. The van der Waals surface area contributed by atoms with E-state index in [9.17, 15) is 15.8 Å². The Labute approximate surface area is 193 Å². The monoisotopic (exact) mass is 430 g/mol. The van der Waals surface area contributed by atoms with Gasteiger partial charge in [-0.3, -0.25) is 0 Å². The molecule has 33 heavy (non-hydrogen) atoms. The van der Waals surface area contributed by atoms with Crippen molar-refractivity contribution in [3.63, 3.8) is 0 Å². The highest BCUT2D eigenvalue weighted by molar-refractivity contribution is 5.93. The molecule has 0 aromatic heterocycles.